The third-order valence-corrected chi connectivity index (χ3v) is 5.58. The van der Waals surface area contributed by atoms with E-state index in [2.05, 4.69) is 15.5 Å². The summed E-state index contributed by atoms with van der Waals surface area (Å²) in [6, 6.07) is -0.129. The molecule has 0 radical (unpaired) electrons. The fourth-order valence-corrected chi connectivity index (χ4v) is 3.97. The topological polar surface area (TPSA) is 87.3 Å². The van der Waals surface area contributed by atoms with Crippen molar-refractivity contribution < 1.29 is 13.2 Å². The number of hydrogen-bond donors (Lipinski definition) is 2. The van der Waals surface area contributed by atoms with Crippen LogP contribution in [-0.2, 0) is 21.3 Å². The van der Waals surface area contributed by atoms with Crippen molar-refractivity contribution in [1.29, 1.82) is 0 Å². The first-order valence-electron chi connectivity index (χ1n) is 6.81. The van der Waals surface area contributed by atoms with Gasteiger partial charge in [-0.2, -0.15) is 9.40 Å². The number of aromatic nitrogens is 2. The van der Waals surface area contributed by atoms with Crippen LogP contribution < -0.4 is 5.32 Å². The zero-order valence-corrected chi connectivity index (χ0v) is 12.9. The summed E-state index contributed by atoms with van der Waals surface area (Å²) in [5.74, 6) is 0. The van der Waals surface area contributed by atoms with Gasteiger partial charge in [-0.3, -0.25) is 5.10 Å². The third kappa shape index (κ3) is 2.88. The monoisotopic (exact) mass is 302 g/mol. The van der Waals surface area contributed by atoms with E-state index in [0.29, 0.717) is 25.1 Å². The molecule has 8 heteroatoms. The van der Waals surface area contributed by atoms with E-state index in [1.54, 1.807) is 13.2 Å². The standard InChI is InChI=1S/C12H22N4O3S/c1-4-13-7-10-8-14-15-12(10)20(17,18)16(3)11-5-6-19-9(11)2/h8-9,11,13H,4-7H2,1-3H3,(H,14,15). The lowest BCUT2D eigenvalue weighted by molar-refractivity contribution is 0.102. The first-order valence-corrected chi connectivity index (χ1v) is 8.25. The molecule has 0 spiro atoms. The first-order chi connectivity index (χ1) is 9.48. The highest BCUT2D eigenvalue weighted by Crippen LogP contribution is 2.25. The minimum atomic E-state index is -3.58. The van der Waals surface area contributed by atoms with Gasteiger partial charge in [0, 0.05) is 25.8 Å². The summed E-state index contributed by atoms with van der Waals surface area (Å²) in [6.45, 7) is 5.72. The maximum atomic E-state index is 12.7. The molecule has 2 rings (SSSR count). The smallest absolute Gasteiger partial charge is 0.260 e. The second-order valence-corrected chi connectivity index (χ2v) is 6.89. The quantitative estimate of drug-likeness (QED) is 0.790. The van der Waals surface area contributed by atoms with Gasteiger partial charge in [-0.25, -0.2) is 8.42 Å². The first kappa shape index (κ1) is 15.4. The molecule has 1 fully saturated rings. The predicted molar refractivity (Wildman–Crippen MR) is 74.7 cm³/mol. The predicted octanol–water partition coefficient (Wildman–Crippen LogP) is 0.317. The lowest BCUT2D eigenvalue weighted by atomic mass is 10.2. The van der Waals surface area contributed by atoms with E-state index in [1.807, 2.05) is 13.8 Å². The van der Waals surface area contributed by atoms with E-state index < -0.39 is 10.0 Å². The Labute approximate surface area is 119 Å². The average molecular weight is 302 g/mol. The molecule has 1 aromatic rings. The fraction of sp³-hybridized carbons (Fsp3) is 0.750. The number of rotatable bonds is 6. The number of H-pyrrole nitrogens is 1. The minimum absolute atomic E-state index is 0.0880. The second-order valence-electron chi connectivity index (χ2n) is 4.96. The Morgan fingerprint density at radius 2 is 2.35 bits per heavy atom. The molecule has 2 heterocycles. The molecule has 0 bridgehead atoms. The number of hydrogen-bond acceptors (Lipinski definition) is 5. The molecule has 7 nitrogen and oxygen atoms in total. The fourth-order valence-electron chi connectivity index (χ4n) is 2.43. The Bertz CT molecular complexity index is 543. The van der Waals surface area contributed by atoms with Gasteiger partial charge in [0.05, 0.1) is 18.3 Å². The Hall–Kier alpha value is -0.960. The summed E-state index contributed by atoms with van der Waals surface area (Å²) >= 11 is 0. The minimum Gasteiger partial charge on any atom is -0.377 e. The van der Waals surface area contributed by atoms with Gasteiger partial charge in [0.2, 0.25) is 0 Å². The van der Waals surface area contributed by atoms with Crippen molar-refractivity contribution in [1.82, 2.24) is 19.8 Å². The number of aromatic amines is 1. The zero-order valence-electron chi connectivity index (χ0n) is 12.1. The second kappa shape index (κ2) is 6.21. The molecule has 2 N–H and O–H groups in total. The Morgan fingerprint density at radius 3 is 2.95 bits per heavy atom. The van der Waals surface area contributed by atoms with Gasteiger partial charge in [0.15, 0.2) is 5.03 Å². The van der Waals surface area contributed by atoms with E-state index in [-0.39, 0.29) is 17.2 Å². The van der Waals surface area contributed by atoms with Gasteiger partial charge >= 0.3 is 0 Å². The van der Waals surface area contributed by atoms with Crippen molar-refractivity contribution in [2.45, 2.75) is 44.0 Å². The van der Waals surface area contributed by atoms with Crippen LogP contribution in [0.4, 0.5) is 0 Å². The highest BCUT2D eigenvalue weighted by atomic mass is 32.2. The van der Waals surface area contributed by atoms with E-state index in [9.17, 15) is 8.42 Å². The van der Waals surface area contributed by atoms with Crippen molar-refractivity contribution in [3.63, 3.8) is 0 Å². The SMILES string of the molecule is CCNCc1cn[nH]c1S(=O)(=O)N(C)C1CCOC1C. The number of nitrogens with zero attached hydrogens (tertiary/aromatic N) is 2. The molecule has 1 aliphatic heterocycles. The maximum absolute atomic E-state index is 12.7. The van der Waals surface area contributed by atoms with Gasteiger partial charge in [0.25, 0.3) is 10.0 Å². The highest BCUT2D eigenvalue weighted by Gasteiger charge is 2.36. The summed E-state index contributed by atoms with van der Waals surface area (Å²) in [7, 11) is -1.98. The van der Waals surface area contributed by atoms with E-state index in [4.69, 9.17) is 4.74 Å². The maximum Gasteiger partial charge on any atom is 0.260 e. The Balaban J connectivity index is 2.23. The number of nitrogens with one attached hydrogen (secondary N) is 2. The van der Waals surface area contributed by atoms with Crippen LogP contribution in [0.5, 0.6) is 0 Å². The Kier molecular flexibility index (Phi) is 4.79. The van der Waals surface area contributed by atoms with Gasteiger partial charge in [-0.15, -0.1) is 0 Å². The molecule has 0 aliphatic carbocycles. The lowest BCUT2D eigenvalue weighted by Gasteiger charge is -2.25. The molecule has 0 amide bonds. The molecule has 0 saturated carbocycles. The molecule has 2 atom stereocenters. The summed E-state index contributed by atoms with van der Waals surface area (Å²) in [5.41, 5.74) is 0.658. The zero-order chi connectivity index (χ0) is 14.8. The van der Waals surface area contributed by atoms with Crippen molar-refractivity contribution in [3.8, 4) is 0 Å². The van der Waals surface area contributed by atoms with Crippen LogP contribution in [0.15, 0.2) is 11.2 Å². The van der Waals surface area contributed by atoms with Crippen LogP contribution in [0.2, 0.25) is 0 Å². The van der Waals surface area contributed by atoms with Gasteiger partial charge in [-0.05, 0) is 19.9 Å². The molecule has 0 aromatic carbocycles. The van der Waals surface area contributed by atoms with Crippen LogP contribution in [0.25, 0.3) is 0 Å². The van der Waals surface area contributed by atoms with Crippen LogP contribution in [0.3, 0.4) is 0 Å². The average Bonchev–Trinajstić information content (AvgIpc) is 3.04. The lowest BCUT2D eigenvalue weighted by Crippen LogP contribution is -2.41. The van der Waals surface area contributed by atoms with Gasteiger partial charge in [-0.1, -0.05) is 6.92 Å². The van der Waals surface area contributed by atoms with Crippen molar-refractivity contribution >= 4 is 10.0 Å². The van der Waals surface area contributed by atoms with E-state index in [1.165, 1.54) is 4.31 Å². The highest BCUT2D eigenvalue weighted by molar-refractivity contribution is 7.89. The van der Waals surface area contributed by atoms with Crippen molar-refractivity contribution in [2.24, 2.45) is 0 Å². The van der Waals surface area contributed by atoms with Crippen molar-refractivity contribution in [2.75, 3.05) is 20.2 Å². The van der Waals surface area contributed by atoms with Gasteiger partial charge < -0.3 is 10.1 Å². The molecular formula is C12H22N4O3S. The summed E-state index contributed by atoms with van der Waals surface area (Å²) in [4.78, 5) is 0. The number of likely N-dealkylation sites (N-methyl/N-ethyl adjacent to an activating group) is 1. The molecule has 1 aromatic heterocycles. The number of ether oxygens (including phenoxy) is 1. The number of sulfonamides is 1. The van der Waals surface area contributed by atoms with Crippen molar-refractivity contribution in [3.05, 3.63) is 11.8 Å². The molecular weight excluding hydrogens is 280 g/mol. The third-order valence-electron chi connectivity index (χ3n) is 3.68. The van der Waals surface area contributed by atoms with Crippen LogP contribution in [0.1, 0.15) is 25.8 Å². The molecule has 2 unspecified atom stereocenters. The van der Waals surface area contributed by atoms with Crippen LogP contribution in [-0.4, -0.2) is 55.3 Å². The van der Waals surface area contributed by atoms with Crippen LogP contribution >= 0.6 is 0 Å². The summed E-state index contributed by atoms with van der Waals surface area (Å²) < 4.78 is 32.2. The molecule has 1 aliphatic rings. The largest absolute Gasteiger partial charge is 0.377 e. The van der Waals surface area contributed by atoms with Gasteiger partial charge in [0.1, 0.15) is 0 Å². The van der Waals surface area contributed by atoms with E-state index in [0.717, 1.165) is 6.54 Å². The summed E-state index contributed by atoms with van der Waals surface area (Å²) in [6.07, 6.45) is 2.18. The summed E-state index contributed by atoms with van der Waals surface area (Å²) in [5, 5.41) is 9.76. The van der Waals surface area contributed by atoms with Crippen LogP contribution in [0, 0.1) is 0 Å². The Morgan fingerprint density at radius 1 is 1.60 bits per heavy atom. The molecule has 114 valence electrons. The molecule has 1 saturated heterocycles. The molecule has 20 heavy (non-hydrogen) atoms. The normalized spacial score (nSPS) is 23.6. The van der Waals surface area contributed by atoms with E-state index >= 15 is 0 Å².